The van der Waals surface area contributed by atoms with E-state index in [1.165, 1.54) is 29.2 Å². The van der Waals surface area contributed by atoms with Crippen LogP contribution in [0.1, 0.15) is 41.9 Å². The minimum absolute atomic E-state index is 0.0893. The molecule has 1 aliphatic heterocycles. The summed E-state index contributed by atoms with van der Waals surface area (Å²) < 4.78 is 15.4. The Labute approximate surface area is 233 Å². The van der Waals surface area contributed by atoms with Crippen LogP contribution in [-0.4, -0.2) is 27.6 Å². The van der Waals surface area contributed by atoms with Crippen LogP contribution in [0.15, 0.2) is 69.5 Å². The topological polar surface area (TPSA) is 125 Å². The lowest BCUT2D eigenvalue weighted by Crippen LogP contribution is -2.38. The van der Waals surface area contributed by atoms with Crippen LogP contribution >= 0.6 is 23.1 Å². The number of nitrogens with zero attached hydrogens (tertiary/aromatic N) is 4. The van der Waals surface area contributed by atoms with E-state index in [9.17, 15) is 19.2 Å². The van der Waals surface area contributed by atoms with Gasteiger partial charge in [0.05, 0.1) is 23.3 Å². The molecule has 3 aromatic rings. The maximum Gasteiger partial charge on any atom is 0.234 e. The van der Waals surface area contributed by atoms with Crippen molar-refractivity contribution >= 4 is 45.6 Å². The molecule has 1 atom stereocenters. The van der Waals surface area contributed by atoms with E-state index in [0.29, 0.717) is 40.0 Å². The van der Waals surface area contributed by atoms with E-state index in [4.69, 9.17) is 5.73 Å². The van der Waals surface area contributed by atoms with Gasteiger partial charge < -0.3 is 11.1 Å². The van der Waals surface area contributed by atoms with Crippen LogP contribution in [0, 0.1) is 31.0 Å². The third-order valence-electron chi connectivity index (χ3n) is 6.92. The third kappa shape index (κ3) is 5.05. The van der Waals surface area contributed by atoms with Gasteiger partial charge in [-0.15, -0.1) is 10.2 Å². The molecule has 1 amide bonds. The molecule has 0 bridgehead atoms. The van der Waals surface area contributed by atoms with Crippen LogP contribution in [0.5, 0.6) is 0 Å². The molecule has 1 aliphatic carbocycles. The first kappa shape index (κ1) is 26.6. The molecule has 198 valence electrons. The highest BCUT2D eigenvalue weighted by atomic mass is 32.2. The summed E-state index contributed by atoms with van der Waals surface area (Å²) in [4.78, 5) is 27.4. The number of halogens is 1. The summed E-state index contributed by atoms with van der Waals surface area (Å²) in [5.41, 5.74) is 10.7. The quantitative estimate of drug-likeness (QED) is 0.388. The molecule has 0 fully saturated rings. The fourth-order valence-electron chi connectivity index (χ4n) is 4.88. The van der Waals surface area contributed by atoms with Crippen molar-refractivity contribution in [1.29, 1.82) is 5.26 Å². The van der Waals surface area contributed by atoms with Crippen LogP contribution in [0.2, 0.25) is 0 Å². The van der Waals surface area contributed by atoms with Crippen molar-refractivity contribution in [3.8, 4) is 6.07 Å². The van der Waals surface area contributed by atoms with Crippen LogP contribution < -0.4 is 16.0 Å². The van der Waals surface area contributed by atoms with Crippen LogP contribution in [0.4, 0.5) is 15.2 Å². The number of aryl methyl sites for hydroxylation is 1. The van der Waals surface area contributed by atoms with E-state index < -0.39 is 11.7 Å². The van der Waals surface area contributed by atoms with E-state index in [0.717, 1.165) is 16.8 Å². The van der Waals surface area contributed by atoms with Crippen molar-refractivity contribution in [3.63, 3.8) is 0 Å². The van der Waals surface area contributed by atoms with E-state index in [1.807, 2.05) is 32.0 Å². The molecular formula is C28H25FN6O2S2. The molecule has 3 N–H and O–H groups in total. The Bertz CT molecular complexity index is 1590. The first-order valence-corrected chi connectivity index (χ1v) is 14.1. The van der Waals surface area contributed by atoms with Crippen molar-refractivity contribution < 1.29 is 14.0 Å². The number of carbonyl (C=O) groups excluding carboxylic acids is 2. The first-order chi connectivity index (χ1) is 18.8. The normalized spacial score (nSPS) is 17.2. The summed E-state index contributed by atoms with van der Waals surface area (Å²) in [6, 6.07) is 14.0. The number of allylic oxidation sites excluding steroid dienone is 3. The first-order valence-electron chi connectivity index (χ1n) is 12.3. The van der Waals surface area contributed by atoms with E-state index in [2.05, 4.69) is 21.6 Å². The van der Waals surface area contributed by atoms with Crippen LogP contribution in [0.3, 0.4) is 0 Å². The van der Waals surface area contributed by atoms with Gasteiger partial charge in [-0.05, 0) is 49.9 Å². The van der Waals surface area contributed by atoms with Crippen molar-refractivity contribution in [3.05, 3.63) is 87.6 Å². The summed E-state index contributed by atoms with van der Waals surface area (Å²) in [7, 11) is 0. The van der Waals surface area contributed by atoms with Crippen molar-refractivity contribution in [1.82, 2.24) is 10.2 Å². The number of thioether (sulfide) groups is 1. The van der Waals surface area contributed by atoms with Gasteiger partial charge in [-0.2, -0.15) is 5.26 Å². The number of anilines is 2. The Balaban J connectivity index is 1.42. The zero-order chi connectivity index (χ0) is 27.7. The molecule has 2 heterocycles. The average Bonchev–Trinajstić information content (AvgIpc) is 3.38. The molecule has 1 unspecified atom stereocenters. The Morgan fingerprint density at radius 2 is 2.03 bits per heavy atom. The SMILES string of the molecule is Cc1cccc(NC(=O)CSc2nnc(N3C(N)=C(C#N)C(c4ccccc4F)C4=C3CCCC4=O)s2)c1C. The molecule has 0 spiro atoms. The number of hydrogen-bond acceptors (Lipinski definition) is 9. The number of hydrogen-bond donors (Lipinski definition) is 2. The standard InChI is InChI=1S/C28H25FN6O2S2/c1-15-7-5-10-20(16(15)2)32-23(37)14-38-28-34-33-27(39-28)35-21-11-6-12-22(36)25(21)24(18(13-30)26(35)31)17-8-3-4-9-19(17)29/h3-5,7-10,24H,6,11-12,14,31H2,1-2H3,(H,32,37). The molecule has 2 aromatic carbocycles. The van der Waals surface area contributed by atoms with Gasteiger partial charge >= 0.3 is 0 Å². The lowest BCUT2D eigenvalue weighted by atomic mass is 9.75. The largest absolute Gasteiger partial charge is 0.384 e. The van der Waals surface area contributed by atoms with Gasteiger partial charge in [-0.3, -0.25) is 14.5 Å². The van der Waals surface area contributed by atoms with E-state index >= 15 is 0 Å². The summed E-state index contributed by atoms with van der Waals surface area (Å²) in [5.74, 6) is -1.48. The highest BCUT2D eigenvalue weighted by Crippen LogP contribution is 2.47. The van der Waals surface area contributed by atoms with Crippen molar-refractivity contribution in [2.24, 2.45) is 5.73 Å². The van der Waals surface area contributed by atoms with Gasteiger partial charge in [0.15, 0.2) is 10.1 Å². The molecule has 39 heavy (non-hydrogen) atoms. The summed E-state index contributed by atoms with van der Waals surface area (Å²) in [6.45, 7) is 3.94. The lowest BCUT2D eigenvalue weighted by molar-refractivity contribution is -0.116. The molecule has 2 aliphatic rings. The number of ketones is 1. The number of nitriles is 1. The Hall–Kier alpha value is -4.01. The second kappa shape index (κ2) is 11.0. The monoisotopic (exact) mass is 560 g/mol. The minimum atomic E-state index is -0.884. The average molecular weight is 561 g/mol. The maximum absolute atomic E-state index is 14.9. The molecule has 1 aromatic heterocycles. The number of Topliss-reactive ketones (excluding diaryl/α,β-unsaturated/α-hetero) is 1. The number of amides is 1. The van der Waals surface area contributed by atoms with Crippen LogP contribution in [0.25, 0.3) is 0 Å². The fraction of sp³-hybridized carbons (Fsp3) is 0.250. The lowest BCUT2D eigenvalue weighted by Gasteiger charge is -2.38. The van der Waals surface area contributed by atoms with Crippen LogP contribution in [-0.2, 0) is 9.59 Å². The Kier molecular flexibility index (Phi) is 7.50. The highest BCUT2D eigenvalue weighted by molar-refractivity contribution is 8.01. The number of aromatic nitrogens is 2. The van der Waals surface area contributed by atoms with Gasteiger partial charge in [0, 0.05) is 28.9 Å². The van der Waals surface area contributed by atoms with E-state index in [1.54, 1.807) is 23.1 Å². The number of rotatable bonds is 6. The number of carbonyl (C=O) groups is 2. The third-order valence-corrected chi connectivity index (χ3v) is 8.96. The van der Waals surface area contributed by atoms with Crippen molar-refractivity contribution in [2.75, 3.05) is 16.0 Å². The number of nitrogens with two attached hydrogens (primary N) is 1. The summed E-state index contributed by atoms with van der Waals surface area (Å²) in [6.07, 6.45) is 1.43. The smallest absolute Gasteiger partial charge is 0.234 e. The predicted molar refractivity (Wildman–Crippen MR) is 150 cm³/mol. The number of nitrogens with one attached hydrogen (secondary N) is 1. The number of benzene rings is 2. The van der Waals surface area contributed by atoms with Gasteiger partial charge in [-0.1, -0.05) is 53.4 Å². The molecular weight excluding hydrogens is 535 g/mol. The second-order valence-corrected chi connectivity index (χ2v) is 11.5. The molecule has 0 radical (unpaired) electrons. The second-order valence-electron chi connectivity index (χ2n) is 9.27. The Morgan fingerprint density at radius 3 is 2.79 bits per heavy atom. The molecule has 8 nitrogen and oxygen atoms in total. The highest BCUT2D eigenvalue weighted by Gasteiger charge is 2.42. The van der Waals surface area contributed by atoms with Crippen molar-refractivity contribution in [2.45, 2.75) is 43.4 Å². The maximum atomic E-state index is 14.9. The van der Waals surface area contributed by atoms with Gasteiger partial charge in [0.1, 0.15) is 11.6 Å². The fourth-order valence-corrected chi connectivity index (χ4v) is 6.56. The predicted octanol–water partition coefficient (Wildman–Crippen LogP) is 5.33. The molecule has 11 heteroatoms. The minimum Gasteiger partial charge on any atom is -0.384 e. The Morgan fingerprint density at radius 1 is 1.23 bits per heavy atom. The molecule has 0 saturated carbocycles. The van der Waals surface area contributed by atoms with Gasteiger partial charge in [0.25, 0.3) is 0 Å². The zero-order valence-corrected chi connectivity index (χ0v) is 23.0. The van der Waals surface area contributed by atoms with E-state index in [-0.39, 0.29) is 34.4 Å². The summed E-state index contributed by atoms with van der Waals surface area (Å²) in [5, 5.41) is 21.9. The molecule has 5 rings (SSSR count). The van der Waals surface area contributed by atoms with Gasteiger partial charge in [-0.25, -0.2) is 4.39 Å². The van der Waals surface area contributed by atoms with Gasteiger partial charge in [0.2, 0.25) is 11.0 Å². The molecule has 0 saturated heterocycles. The zero-order valence-electron chi connectivity index (χ0n) is 21.3. The summed E-state index contributed by atoms with van der Waals surface area (Å²) >= 11 is 2.44.